The summed E-state index contributed by atoms with van der Waals surface area (Å²) in [5.74, 6) is -0.768. The van der Waals surface area contributed by atoms with E-state index in [0.29, 0.717) is 6.42 Å². The van der Waals surface area contributed by atoms with Gasteiger partial charge in [-0.3, -0.25) is 9.79 Å². The first kappa shape index (κ1) is 11.1. The van der Waals surface area contributed by atoms with Crippen molar-refractivity contribution in [3.05, 3.63) is 23.4 Å². The SMILES string of the molecule is CC1=NC2=C(CC(C)(C(=O)O)C=C2)C1(C)C. The quantitative estimate of drug-likeness (QED) is 0.737. The van der Waals surface area contributed by atoms with E-state index in [1.165, 1.54) is 0 Å². The molecule has 0 fully saturated rings. The third-order valence-corrected chi connectivity index (χ3v) is 3.90. The molecule has 0 saturated carbocycles. The normalized spacial score (nSPS) is 31.4. The van der Waals surface area contributed by atoms with Crippen molar-refractivity contribution in [2.24, 2.45) is 15.8 Å². The number of rotatable bonds is 1. The lowest BCUT2D eigenvalue weighted by Gasteiger charge is -2.31. The second kappa shape index (κ2) is 3.06. The molecule has 1 atom stereocenters. The van der Waals surface area contributed by atoms with Gasteiger partial charge in [-0.25, -0.2) is 0 Å². The summed E-state index contributed by atoms with van der Waals surface area (Å²) >= 11 is 0. The Morgan fingerprint density at radius 1 is 1.44 bits per heavy atom. The van der Waals surface area contributed by atoms with Gasteiger partial charge in [-0.05, 0) is 31.9 Å². The van der Waals surface area contributed by atoms with Gasteiger partial charge in [0.2, 0.25) is 0 Å². The standard InChI is InChI=1S/C13H17NO2/c1-8-12(2,3)9-7-13(4,11(15)16)6-5-10(9)14-8/h5-6H,7H2,1-4H3,(H,15,16). The van der Waals surface area contributed by atoms with Crippen LogP contribution in [0.5, 0.6) is 0 Å². The van der Waals surface area contributed by atoms with Crippen molar-refractivity contribution in [3.63, 3.8) is 0 Å². The van der Waals surface area contributed by atoms with Crippen molar-refractivity contribution < 1.29 is 9.90 Å². The van der Waals surface area contributed by atoms with Crippen LogP contribution in [-0.2, 0) is 4.79 Å². The van der Waals surface area contributed by atoms with Gasteiger partial charge in [-0.1, -0.05) is 19.9 Å². The largest absolute Gasteiger partial charge is 0.481 e. The molecule has 0 radical (unpaired) electrons. The topological polar surface area (TPSA) is 49.7 Å². The predicted molar refractivity (Wildman–Crippen MR) is 63.4 cm³/mol. The molecule has 3 nitrogen and oxygen atoms in total. The molecule has 1 unspecified atom stereocenters. The third kappa shape index (κ3) is 1.34. The molecule has 3 heteroatoms. The number of aliphatic carboxylic acids is 1. The van der Waals surface area contributed by atoms with E-state index in [1.807, 2.05) is 13.0 Å². The zero-order valence-corrected chi connectivity index (χ0v) is 10.2. The van der Waals surface area contributed by atoms with E-state index in [9.17, 15) is 9.90 Å². The number of carbonyl (C=O) groups is 1. The van der Waals surface area contributed by atoms with Gasteiger partial charge in [0, 0.05) is 11.1 Å². The monoisotopic (exact) mass is 219 g/mol. The molecule has 1 N–H and O–H groups in total. The minimum Gasteiger partial charge on any atom is -0.481 e. The Labute approximate surface area is 95.6 Å². The fraction of sp³-hybridized carbons (Fsp3) is 0.538. The maximum atomic E-state index is 11.2. The summed E-state index contributed by atoms with van der Waals surface area (Å²) in [5.41, 5.74) is 2.29. The Hall–Kier alpha value is -1.38. The van der Waals surface area contributed by atoms with Crippen molar-refractivity contribution >= 4 is 11.7 Å². The highest BCUT2D eigenvalue weighted by molar-refractivity contribution is 5.95. The van der Waals surface area contributed by atoms with Gasteiger partial charge in [-0.15, -0.1) is 0 Å². The van der Waals surface area contributed by atoms with Crippen molar-refractivity contribution in [2.45, 2.75) is 34.1 Å². The maximum absolute atomic E-state index is 11.2. The molecule has 0 bridgehead atoms. The third-order valence-electron chi connectivity index (χ3n) is 3.90. The lowest BCUT2D eigenvalue weighted by atomic mass is 9.70. The highest BCUT2D eigenvalue weighted by Gasteiger charge is 2.42. The molecule has 1 heterocycles. The second-order valence-corrected chi connectivity index (χ2v) is 5.42. The Bertz CT molecular complexity index is 455. The number of carboxylic acid groups (broad SMARTS) is 1. The van der Waals surface area contributed by atoms with Crippen LogP contribution in [0.3, 0.4) is 0 Å². The van der Waals surface area contributed by atoms with Crippen LogP contribution >= 0.6 is 0 Å². The van der Waals surface area contributed by atoms with Gasteiger partial charge in [0.15, 0.2) is 0 Å². The Balaban J connectivity index is 2.42. The van der Waals surface area contributed by atoms with E-state index in [1.54, 1.807) is 13.0 Å². The summed E-state index contributed by atoms with van der Waals surface area (Å²) < 4.78 is 0. The van der Waals surface area contributed by atoms with E-state index in [0.717, 1.165) is 17.0 Å². The molecule has 0 aromatic carbocycles. The zero-order chi connectivity index (χ0) is 12.1. The Kier molecular flexibility index (Phi) is 2.13. The van der Waals surface area contributed by atoms with E-state index < -0.39 is 11.4 Å². The molecular formula is C13H17NO2. The molecule has 1 aliphatic carbocycles. The summed E-state index contributed by atoms with van der Waals surface area (Å²) in [6.45, 7) is 7.98. The summed E-state index contributed by atoms with van der Waals surface area (Å²) in [7, 11) is 0. The molecular weight excluding hydrogens is 202 g/mol. The number of allylic oxidation sites excluding steroid dienone is 2. The summed E-state index contributed by atoms with van der Waals surface area (Å²) in [4.78, 5) is 15.8. The molecule has 16 heavy (non-hydrogen) atoms. The minimum absolute atomic E-state index is 0.100. The highest BCUT2D eigenvalue weighted by Crippen LogP contribution is 2.47. The molecule has 2 aliphatic rings. The molecule has 0 spiro atoms. The molecule has 0 aromatic heterocycles. The number of aliphatic imine (C=N–C) groups is 1. The van der Waals surface area contributed by atoms with Crippen molar-refractivity contribution in [1.29, 1.82) is 0 Å². The van der Waals surface area contributed by atoms with Crippen molar-refractivity contribution in [2.75, 3.05) is 0 Å². The smallest absolute Gasteiger partial charge is 0.313 e. The number of carboxylic acids is 1. The first-order valence-electron chi connectivity index (χ1n) is 5.49. The molecule has 0 amide bonds. The van der Waals surface area contributed by atoms with Gasteiger partial charge < -0.3 is 5.11 Å². The Morgan fingerprint density at radius 3 is 2.62 bits per heavy atom. The van der Waals surface area contributed by atoms with Crippen molar-refractivity contribution in [1.82, 2.24) is 0 Å². The minimum atomic E-state index is -0.782. The van der Waals surface area contributed by atoms with Gasteiger partial charge in [-0.2, -0.15) is 0 Å². The van der Waals surface area contributed by atoms with Crippen LogP contribution in [0.2, 0.25) is 0 Å². The maximum Gasteiger partial charge on any atom is 0.313 e. The van der Waals surface area contributed by atoms with Crippen molar-refractivity contribution in [3.8, 4) is 0 Å². The van der Waals surface area contributed by atoms with Gasteiger partial charge in [0.25, 0.3) is 0 Å². The number of hydrogen-bond donors (Lipinski definition) is 1. The van der Waals surface area contributed by atoms with Crippen LogP contribution in [0.1, 0.15) is 34.1 Å². The van der Waals surface area contributed by atoms with Crippen LogP contribution in [0.4, 0.5) is 0 Å². The van der Waals surface area contributed by atoms with Crippen LogP contribution in [-0.4, -0.2) is 16.8 Å². The van der Waals surface area contributed by atoms with Gasteiger partial charge >= 0.3 is 5.97 Å². The fourth-order valence-electron chi connectivity index (χ4n) is 2.21. The molecule has 86 valence electrons. The first-order valence-corrected chi connectivity index (χ1v) is 5.49. The van der Waals surface area contributed by atoms with E-state index in [-0.39, 0.29) is 5.41 Å². The first-order chi connectivity index (χ1) is 7.27. The van der Waals surface area contributed by atoms with Crippen LogP contribution < -0.4 is 0 Å². The number of nitrogens with zero attached hydrogens (tertiary/aromatic N) is 1. The van der Waals surface area contributed by atoms with Gasteiger partial charge in [0.1, 0.15) is 0 Å². The van der Waals surface area contributed by atoms with Crippen LogP contribution in [0, 0.1) is 10.8 Å². The molecule has 0 aromatic rings. The van der Waals surface area contributed by atoms with Crippen LogP contribution in [0.25, 0.3) is 0 Å². The zero-order valence-electron chi connectivity index (χ0n) is 10.2. The lowest BCUT2D eigenvalue weighted by molar-refractivity contribution is -0.145. The molecule has 2 rings (SSSR count). The van der Waals surface area contributed by atoms with E-state index in [4.69, 9.17) is 0 Å². The van der Waals surface area contributed by atoms with E-state index in [2.05, 4.69) is 18.8 Å². The second-order valence-electron chi connectivity index (χ2n) is 5.42. The average Bonchev–Trinajstić information content (AvgIpc) is 2.40. The van der Waals surface area contributed by atoms with Crippen LogP contribution in [0.15, 0.2) is 28.4 Å². The predicted octanol–water partition coefficient (Wildman–Crippen LogP) is 2.79. The summed E-state index contributed by atoms with van der Waals surface area (Å²) in [5, 5.41) is 9.24. The lowest BCUT2D eigenvalue weighted by Crippen LogP contribution is -2.31. The number of hydrogen-bond acceptors (Lipinski definition) is 2. The Morgan fingerprint density at radius 2 is 2.06 bits per heavy atom. The molecule has 0 saturated heterocycles. The highest BCUT2D eigenvalue weighted by atomic mass is 16.4. The average molecular weight is 219 g/mol. The molecule has 1 aliphatic heterocycles. The fourth-order valence-corrected chi connectivity index (χ4v) is 2.21. The van der Waals surface area contributed by atoms with Gasteiger partial charge in [0.05, 0.1) is 11.1 Å². The summed E-state index contributed by atoms with van der Waals surface area (Å²) in [6.07, 6.45) is 4.17. The van der Waals surface area contributed by atoms with E-state index >= 15 is 0 Å². The summed E-state index contributed by atoms with van der Waals surface area (Å²) in [6, 6.07) is 0.